The summed E-state index contributed by atoms with van der Waals surface area (Å²) in [4.78, 5) is 14.3. The Kier molecular flexibility index (Phi) is 5.84. The second-order valence-electron chi connectivity index (χ2n) is 7.21. The van der Waals surface area contributed by atoms with Crippen LogP contribution in [-0.2, 0) is 0 Å². The Labute approximate surface area is 180 Å². The number of aromatic nitrogens is 3. The van der Waals surface area contributed by atoms with Gasteiger partial charge in [0, 0.05) is 11.3 Å². The topological polar surface area (TPSA) is 78.3 Å². The van der Waals surface area contributed by atoms with Gasteiger partial charge in [-0.3, -0.25) is 4.79 Å². The second kappa shape index (κ2) is 8.87. The van der Waals surface area contributed by atoms with Crippen molar-refractivity contribution in [2.75, 3.05) is 12.4 Å². The van der Waals surface area contributed by atoms with E-state index in [2.05, 4.69) is 22.4 Å². The van der Waals surface area contributed by atoms with Crippen molar-refractivity contribution in [1.29, 1.82) is 0 Å². The number of benzene rings is 3. The van der Waals surface area contributed by atoms with Crippen LogP contribution in [-0.4, -0.2) is 34.1 Å². The molecule has 158 valence electrons. The Bertz CT molecular complexity index is 1200. The molecule has 0 aliphatic rings. The van der Waals surface area contributed by atoms with Gasteiger partial charge in [0.15, 0.2) is 0 Å². The van der Waals surface area contributed by atoms with E-state index in [-0.39, 0.29) is 12.0 Å². The van der Waals surface area contributed by atoms with Crippen LogP contribution in [0.15, 0.2) is 66.7 Å². The van der Waals surface area contributed by atoms with E-state index >= 15 is 0 Å². The zero-order valence-corrected chi connectivity index (χ0v) is 17.7. The molecular weight excluding hydrogens is 392 g/mol. The molecule has 0 fully saturated rings. The molecule has 1 amide bonds. The third-order valence-corrected chi connectivity index (χ3v) is 4.95. The molecule has 3 aromatic carbocycles. The molecule has 1 atom stereocenters. The molecular formula is C24H24N4O3. The van der Waals surface area contributed by atoms with Gasteiger partial charge in [-0.15, -0.1) is 10.2 Å². The highest BCUT2D eigenvalue weighted by Gasteiger charge is 2.11. The van der Waals surface area contributed by atoms with E-state index in [1.165, 1.54) is 0 Å². The predicted octanol–water partition coefficient (Wildman–Crippen LogP) is 4.86. The van der Waals surface area contributed by atoms with Crippen molar-refractivity contribution in [2.24, 2.45) is 0 Å². The highest BCUT2D eigenvalue weighted by atomic mass is 16.5. The average Bonchev–Trinajstić information content (AvgIpc) is 3.22. The van der Waals surface area contributed by atoms with Crippen LogP contribution in [0, 0.1) is 0 Å². The van der Waals surface area contributed by atoms with E-state index < -0.39 is 0 Å². The summed E-state index contributed by atoms with van der Waals surface area (Å²) in [6.07, 6.45) is 0.988. The van der Waals surface area contributed by atoms with Crippen LogP contribution in [0.5, 0.6) is 11.5 Å². The summed E-state index contributed by atoms with van der Waals surface area (Å²) in [5.41, 5.74) is 3.41. The molecule has 0 aliphatic carbocycles. The van der Waals surface area contributed by atoms with Crippen LogP contribution >= 0.6 is 0 Å². The van der Waals surface area contributed by atoms with Gasteiger partial charge in [-0.25, -0.2) is 0 Å². The molecule has 4 aromatic rings. The lowest BCUT2D eigenvalue weighted by Gasteiger charge is -2.13. The quantitative estimate of drug-likeness (QED) is 0.466. The highest BCUT2D eigenvalue weighted by Crippen LogP contribution is 2.21. The maximum Gasteiger partial charge on any atom is 0.255 e. The molecule has 7 heteroatoms. The minimum Gasteiger partial charge on any atom is -0.497 e. The number of nitrogens with one attached hydrogen (secondary N) is 1. The minimum atomic E-state index is -0.212. The van der Waals surface area contributed by atoms with Crippen LogP contribution in [0.4, 0.5) is 5.69 Å². The van der Waals surface area contributed by atoms with Gasteiger partial charge < -0.3 is 14.8 Å². The molecule has 0 saturated heterocycles. The summed E-state index contributed by atoms with van der Waals surface area (Å²) in [6.45, 7) is 4.06. The van der Waals surface area contributed by atoms with E-state index in [0.29, 0.717) is 22.5 Å². The number of anilines is 1. The largest absolute Gasteiger partial charge is 0.497 e. The number of hydrogen-bond donors (Lipinski definition) is 1. The minimum absolute atomic E-state index is 0.0917. The van der Waals surface area contributed by atoms with Gasteiger partial charge >= 0.3 is 0 Å². The molecule has 1 heterocycles. The van der Waals surface area contributed by atoms with Gasteiger partial charge in [-0.05, 0) is 74.0 Å². The fourth-order valence-corrected chi connectivity index (χ4v) is 3.05. The summed E-state index contributed by atoms with van der Waals surface area (Å²) in [6, 6.07) is 20.1. The SMILES string of the molecule is CC[C@@H](C)Oc1cccc(C(=O)Nc2ccc3nn(-c4ccc(OC)cc4)nc3c2)c1. The maximum atomic E-state index is 12.7. The summed E-state index contributed by atoms with van der Waals surface area (Å²) >= 11 is 0. The summed E-state index contributed by atoms with van der Waals surface area (Å²) in [5.74, 6) is 1.24. The van der Waals surface area contributed by atoms with Gasteiger partial charge in [-0.1, -0.05) is 13.0 Å². The molecule has 1 aromatic heterocycles. The number of hydrogen-bond acceptors (Lipinski definition) is 5. The summed E-state index contributed by atoms with van der Waals surface area (Å²) in [7, 11) is 1.63. The molecule has 0 spiro atoms. The van der Waals surface area contributed by atoms with E-state index in [1.54, 1.807) is 30.1 Å². The monoisotopic (exact) mass is 416 g/mol. The van der Waals surface area contributed by atoms with E-state index in [4.69, 9.17) is 9.47 Å². The third kappa shape index (κ3) is 4.66. The molecule has 4 rings (SSSR count). The van der Waals surface area contributed by atoms with E-state index in [0.717, 1.165) is 23.4 Å². The number of carbonyl (C=O) groups excluding carboxylic acids is 1. The number of rotatable bonds is 7. The standard InChI is InChI=1S/C24H24N4O3/c1-4-16(2)31-21-7-5-6-17(14-21)24(29)25-18-8-13-22-23(15-18)27-28(26-22)19-9-11-20(30-3)12-10-19/h5-16H,4H2,1-3H3,(H,25,29)/t16-/m1/s1. The first-order chi connectivity index (χ1) is 15.1. The normalized spacial score (nSPS) is 11.8. The Morgan fingerprint density at radius 1 is 1.00 bits per heavy atom. The molecule has 31 heavy (non-hydrogen) atoms. The first-order valence-corrected chi connectivity index (χ1v) is 10.2. The predicted molar refractivity (Wildman–Crippen MR) is 120 cm³/mol. The maximum absolute atomic E-state index is 12.7. The summed E-state index contributed by atoms with van der Waals surface area (Å²) in [5, 5.41) is 11.9. The van der Waals surface area contributed by atoms with Crippen molar-refractivity contribution in [3.8, 4) is 17.2 Å². The van der Waals surface area contributed by atoms with Crippen molar-refractivity contribution >= 4 is 22.6 Å². The number of carbonyl (C=O) groups is 1. The van der Waals surface area contributed by atoms with Crippen LogP contribution < -0.4 is 14.8 Å². The first kappa shape index (κ1) is 20.4. The third-order valence-electron chi connectivity index (χ3n) is 4.95. The number of fused-ring (bicyclic) bond motifs is 1. The van der Waals surface area contributed by atoms with E-state index in [9.17, 15) is 4.79 Å². The van der Waals surface area contributed by atoms with Crippen LogP contribution in [0.2, 0.25) is 0 Å². The van der Waals surface area contributed by atoms with E-state index in [1.807, 2.05) is 55.5 Å². The number of nitrogens with zero attached hydrogens (tertiary/aromatic N) is 3. The van der Waals surface area contributed by atoms with Crippen molar-refractivity contribution in [3.63, 3.8) is 0 Å². The molecule has 7 nitrogen and oxygen atoms in total. The smallest absolute Gasteiger partial charge is 0.255 e. The molecule has 1 N–H and O–H groups in total. The molecule has 0 aliphatic heterocycles. The Balaban J connectivity index is 1.52. The van der Waals surface area contributed by atoms with Crippen LogP contribution in [0.25, 0.3) is 16.7 Å². The number of ether oxygens (including phenoxy) is 2. The van der Waals surface area contributed by atoms with Crippen molar-refractivity contribution in [2.45, 2.75) is 26.4 Å². The molecule has 0 saturated carbocycles. The first-order valence-electron chi connectivity index (χ1n) is 10.2. The Morgan fingerprint density at radius 3 is 2.52 bits per heavy atom. The Hall–Kier alpha value is -3.87. The van der Waals surface area contributed by atoms with Crippen molar-refractivity contribution in [3.05, 3.63) is 72.3 Å². The lowest BCUT2D eigenvalue weighted by Crippen LogP contribution is -2.13. The number of amides is 1. The lowest BCUT2D eigenvalue weighted by molar-refractivity contribution is 0.102. The zero-order valence-electron chi connectivity index (χ0n) is 17.7. The van der Waals surface area contributed by atoms with Crippen LogP contribution in [0.3, 0.4) is 0 Å². The molecule has 0 unspecified atom stereocenters. The van der Waals surface area contributed by atoms with Crippen molar-refractivity contribution in [1.82, 2.24) is 15.0 Å². The lowest BCUT2D eigenvalue weighted by atomic mass is 10.2. The average molecular weight is 416 g/mol. The summed E-state index contributed by atoms with van der Waals surface area (Å²) < 4.78 is 11.0. The van der Waals surface area contributed by atoms with Crippen molar-refractivity contribution < 1.29 is 14.3 Å². The van der Waals surface area contributed by atoms with Gasteiger partial charge in [0.1, 0.15) is 22.5 Å². The second-order valence-corrected chi connectivity index (χ2v) is 7.21. The Morgan fingerprint density at radius 2 is 1.77 bits per heavy atom. The fourth-order valence-electron chi connectivity index (χ4n) is 3.05. The van der Waals surface area contributed by atoms with Crippen LogP contribution in [0.1, 0.15) is 30.6 Å². The van der Waals surface area contributed by atoms with Gasteiger partial charge in [0.05, 0.1) is 18.9 Å². The fraction of sp³-hybridized carbons (Fsp3) is 0.208. The zero-order chi connectivity index (χ0) is 21.8. The molecule has 0 radical (unpaired) electrons. The molecule has 0 bridgehead atoms. The number of methoxy groups -OCH3 is 1. The van der Waals surface area contributed by atoms with Gasteiger partial charge in [0.2, 0.25) is 0 Å². The van der Waals surface area contributed by atoms with Gasteiger partial charge in [-0.2, -0.15) is 4.80 Å². The highest BCUT2D eigenvalue weighted by molar-refractivity contribution is 6.05. The van der Waals surface area contributed by atoms with Gasteiger partial charge in [0.25, 0.3) is 5.91 Å².